The first-order chi connectivity index (χ1) is 12.7. The van der Waals surface area contributed by atoms with E-state index in [2.05, 4.69) is 35.0 Å². The van der Waals surface area contributed by atoms with Gasteiger partial charge in [-0.2, -0.15) is 0 Å². The number of ether oxygens (including phenoxy) is 3. The van der Waals surface area contributed by atoms with E-state index in [-0.39, 0.29) is 5.97 Å². The molecule has 0 aliphatic heterocycles. The second kappa shape index (κ2) is 10.6. The first kappa shape index (κ1) is 20.8. The molecule has 5 heteroatoms. The van der Waals surface area contributed by atoms with Crippen LogP contribution in [0.1, 0.15) is 55.7 Å². The SMILES string of the molecule is CCCc1c(OCCCBr)ccc2c1C(OC)=C(CCC(=O)OC)CC2. The minimum absolute atomic E-state index is 0.181. The predicted octanol–water partition coefficient (Wildman–Crippen LogP) is 5.06. The van der Waals surface area contributed by atoms with E-state index < -0.39 is 0 Å². The Balaban J connectivity index is 2.40. The van der Waals surface area contributed by atoms with Crippen molar-refractivity contribution in [2.75, 3.05) is 26.2 Å². The lowest BCUT2D eigenvalue weighted by Crippen LogP contribution is -2.13. The van der Waals surface area contributed by atoms with E-state index in [0.29, 0.717) is 19.4 Å². The smallest absolute Gasteiger partial charge is 0.305 e. The molecule has 0 bridgehead atoms. The fourth-order valence-electron chi connectivity index (χ4n) is 3.45. The summed E-state index contributed by atoms with van der Waals surface area (Å²) in [6.45, 7) is 2.88. The molecule has 2 rings (SSSR count). The predicted molar refractivity (Wildman–Crippen MR) is 108 cm³/mol. The quantitative estimate of drug-likeness (QED) is 0.299. The molecule has 0 unspecified atom stereocenters. The molecule has 4 nitrogen and oxygen atoms in total. The second-order valence-electron chi connectivity index (χ2n) is 6.43. The van der Waals surface area contributed by atoms with Crippen molar-refractivity contribution in [1.82, 2.24) is 0 Å². The van der Waals surface area contributed by atoms with Crippen LogP contribution < -0.4 is 4.74 Å². The maximum Gasteiger partial charge on any atom is 0.305 e. The number of hydrogen-bond acceptors (Lipinski definition) is 4. The standard InChI is InChI=1S/C21H29BrO4/c1-4-6-17-18(26-14-5-13-22)11-9-15-7-8-16(10-12-19(23)24-2)21(25-3)20(15)17/h9,11H,4-8,10,12-14H2,1-3H3. The molecule has 0 saturated carbocycles. The Bertz CT molecular complexity index is 652. The van der Waals surface area contributed by atoms with Gasteiger partial charge in [0.2, 0.25) is 0 Å². The number of hydrogen-bond donors (Lipinski definition) is 0. The Morgan fingerprint density at radius 1 is 1.19 bits per heavy atom. The average Bonchev–Trinajstić information content (AvgIpc) is 2.67. The number of methoxy groups -OCH3 is 2. The first-order valence-electron chi connectivity index (χ1n) is 9.32. The highest BCUT2D eigenvalue weighted by Crippen LogP contribution is 2.40. The van der Waals surface area contributed by atoms with E-state index in [4.69, 9.17) is 14.2 Å². The summed E-state index contributed by atoms with van der Waals surface area (Å²) < 4.78 is 16.7. The van der Waals surface area contributed by atoms with E-state index in [9.17, 15) is 4.79 Å². The van der Waals surface area contributed by atoms with Crippen LogP contribution in [0.2, 0.25) is 0 Å². The molecule has 0 spiro atoms. The molecule has 144 valence electrons. The van der Waals surface area contributed by atoms with Crippen molar-refractivity contribution in [3.8, 4) is 5.75 Å². The highest BCUT2D eigenvalue weighted by Gasteiger charge is 2.25. The van der Waals surface area contributed by atoms with Gasteiger partial charge in [0.25, 0.3) is 0 Å². The summed E-state index contributed by atoms with van der Waals surface area (Å²) in [6.07, 6.45) is 5.91. The van der Waals surface area contributed by atoms with Crippen molar-refractivity contribution in [3.05, 3.63) is 34.4 Å². The van der Waals surface area contributed by atoms with Crippen LogP contribution in [-0.4, -0.2) is 32.1 Å². The van der Waals surface area contributed by atoms with E-state index in [1.807, 2.05) is 0 Å². The second-order valence-corrected chi connectivity index (χ2v) is 7.22. The van der Waals surface area contributed by atoms with E-state index in [1.54, 1.807) is 7.11 Å². The molecule has 0 amide bonds. The van der Waals surface area contributed by atoms with Gasteiger partial charge in [-0.1, -0.05) is 35.3 Å². The molecule has 0 heterocycles. The molecular weight excluding hydrogens is 396 g/mol. The van der Waals surface area contributed by atoms with Gasteiger partial charge >= 0.3 is 5.97 Å². The number of rotatable bonds is 10. The summed E-state index contributed by atoms with van der Waals surface area (Å²) in [7, 11) is 3.15. The fraction of sp³-hybridized carbons (Fsp3) is 0.571. The van der Waals surface area contributed by atoms with Crippen molar-refractivity contribution in [2.45, 2.75) is 51.9 Å². The molecule has 1 aromatic rings. The van der Waals surface area contributed by atoms with Crippen molar-refractivity contribution < 1.29 is 19.0 Å². The molecule has 0 atom stereocenters. The van der Waals surface area contributed by atoms with E-state index >= 15 is 0 Å². The first-order valence-corrected chi connectivity index (χ1v) is 10.4. The lowest BCUT2D eigenvalue weighted by molar-refractivity contribution is -0.140. The Labute approximate surface area is 165 Å². The number of carbonyl (C=O) groups excluding carboxylic acids is 1. The summed E-state index contributed by atoms with van der Waals surface area (Å²) in [5.41, 5.74) is 4.91. The highest BCUT2D eigenvalue weighted by molar-refractivity contribution is 9.09. The van der Waals surface area contributed by atoms with Gasteiger partial charge in [0.15, 0.2) is 0 Å². The number of aryl methyl sites for hydroxylation is 1. The molecule has 0 aromatic heterocycles. The molecule has 1 aromatic carbocycles. The van der Waals surface area contributed by atoms with Gasteiger partial charge in [-0.15, -0.1) is 0 Å². The number of allylic oxidation sites excluding steroid dienone is 1. The van der Waals surface area contributed by atoms with Crippen LogP contribution in [-0.2, 0) is 27.1 Å². The summed E-state index contributed by atoms with van der Waals surface area (Å²) in [5.74, 6) is 1.69. The minimum atomic E-state index is -0.181. The molecule has 1 aliphatic rings. The summed E-state index contributed by atoms with van der Waals surface area (Å²) in [4.78, 5) is 11.6. The zero-order valence-corrected chi connectivity index (χ0v) is 17.6. The van der Waals surface area contributed by atoms with Gasteiger partial charge in [-0.3, -0.25) is 4.79 Å². The summed E-state index contributed by atoms with van der Waals surface area (Å²) in [6, 6.07) is 4.26. The van der Waals surface area contributed by atoms with Crippen LogP contribution in [0.3, 0.4) is 0 Å². The fourth-order valence-corrected chi connectivity index (χ4v) is 3.68. The van der Waals surface area contributed by atoms with E-state index in [0.717, 1.165) is 48.9 Å². The van der Waals surface area contributed by atoms with Crippen LogP contribution >= 0.6 is 15.9 Å². The van der Waals surface area contributed by atoms with Gasteiger partial charge in [0, 0.05) is 22.9 Å². The third-order valence-corrected chi connectivity index (χ3v) is 5.26. The van der Waals surface area contributed by atoms with Gasteiger partial charge in [-0.05, 0) is 49.3 Å². The van der Waals surface area contributed by atoms with Crippen LogP contribution in [0.25, 0.3) is 5.76 Å². The summed E-state index contributed by atoms with van der Waals surface area (Å²) >= 11 is 3.45. The van der Waals surface area contributed by atoms with Crippen molar-refractivity contribution >= 4 is 27.7 Å². The van der Waals surface area contributed by atoms with Crippen LogP contribution in [0.4, 0.5) is 0 Å². The molecule has 0 saturated heterocycles. The molecule has 0 fully saturated rings. The van der Waals surface area contributed by atoms with Gasteiger partial charge in [-0.25, -0.2) is 0 Å². The maximum absolute atomic E-state index is 11.6. The third kappa shape index (κ3) is 5.03. The average molecular weight is 425 g/mol. The normalized spacial score (nSPS) is 13.4. The highest BCUT2D eigenvalue weighted by atomic mass is 79.9. The zero-order chi connectivity index (χ0) is 18.9. The van der Waals surface area contributed by atoms with Crippen molar-refractivity contribution in [1.29, 1.82) is 0 Å². The lowest BCUT2D eigenvalue weighted by atomic mass is 9.84. The monoisotopic (exact) mass is 424 g/mol. The molecular formula is C21H29BrO4. The Hall–Kier alpha value is -1.49. The Morgan fingerprint density at radius 2 is 2.00 bits per heavy atom. The summed E-state index contributed by atoms with van der Waals surface area (Å²) in [5, 5.41) is 0.932. The number of alkyl halides is 1. The van der Waals surface area contributed by atoms with Crippen LogP contribution in [0.15, 0.2) is 17.7 Å². The molecule has 0 N–H and O–H groups in total. The van der Waals surface area contributed by atoms with Gasteiger partial charge in [0.05, 0.1) is 20.8 Å². The van der Waals surface area contributed by atoms with Gasteiger partial charge in [0.1, 0.15) is 11.5 Å². The number of carbonyl (C=O) groups is 1. The minimum Gasteiger partial charge on any atom is -0.496 e. The Kier molecular flexibility index (Phi) is 8.49. The molecule has 1 aliphatic carbocycles. The number of halogens is 1. The van der Waals surface area contributed by atoms with Crippen LogP contribution in [0.5, 0.6) is 5.75 Å². The number of esters is 1. The molecule has 26 heavy (non-hydrogen) atoms. The lowest BCUT2D eigenvalue weighted by Gasteiger charge is -2.26. The maximum atomic E-state index is 11.6. The van der Waals surface area contributed by atoms with Gasteiger partial charge < -0.3 is 14.2 Å². The number of fused-ring (bicyclic) bond motifs is 1. The topological polar surface area (TPSA) is 44.8 Å². The molecule has 0 radical (unpaired) electrons. The third-order valence-electron chi connectivity index (χ3n) is 4.70. The van der Waals surface area contributed by atoms with Crippen molar-refractivity contribution in [2.24, 2.45) is 0 Å². The van der Waals surface area contributed by atoms with Crippen LogP contribution in [0, 0.1) is 0 Å². The number of benzene rings is 1. The largest absolute Gasteiger partial charge is 0.496 e. The Morgan fingerprint density at radius 3 is 2.65 bits per heavy atom. The van der Waals surface area contributed by atoms with E-state index in [1.165, 1.54) is 29.4 Å². The van der Waals surface area contributed by atoms with Crippen molar-refractivity contribution in [3.63, 3.8) is 0 Å². The zero-order valence-electron chi connectivity index (χ0n) is 16.0.